The first kappa shape index (κ1) is 19.6. The van der Waals surface area contributed by atoms with Crippen LogP contribution >= 0.6 is 0 Å². The van der Waals surface area contributed by atoms with Crippen LogP contribution in [0.15, 0.2) is 12.2 Å². The van der Waals surface area contributed by atoms with Crippen LogP contribution in [-0.2, 0) is 28.5 Å². The molecule has 0 spiro atoms. The van der Waals surface area contributed by atoms with Crippen LogP contribution in [0.3, 0.4) is 0 Å². The number of rotatable bonds is 9. The zero-order valence-electron chi connectivity index (χ0n) is 13.4. The molecular formula is C15H24O8. The average Bonchev–Trinajstić information content (AvgIpc) is 2.48. The molecule has 0 aromatic heterocycles. The number of cyclic esters (lactones) is 2. The summed E-state index contributed by atoms with van der Waals surface area (Å²) in [7, 11) is 0. The van der Waals surface area contributed by atoms with Gasteiger partial charge in [0.2, 0.25) is 0 Å². The van der Waals surface area contributed by atoms with Crippen molar-refractivity contribution in [1.29, 1.82) is 0 Å². The van der Waals surface area contributed by atoms with E-state index in [4.69, 9.17) is 24.1 Å². The summed E-state index contributed by atoms with van der Waals surface area (Å²) < 4.78 is 20.4. The number of hydrogen-bond donors (Lipinski definition) is 2. The van der Waals surface area contributed by atoms with Crippen LogP contribution in [-0.4, -0.2) is 60.7 Å². The predicted octanol–water partition coefficient (Wildman–Crippen LogP) is 0.119. The molecular weight excluding hydrogens is 308 g/mol. The molecule has 0 fully saturated rings. The summed E-state index contributed by atoms with van der Waals surface area (Å²) in [6.45, 7) is 4.02. The van der Waals surface area contributed by atoms with Gasteiger partial charge in [-0.3, -0.25) is 0 Å². The maximum absolute atomic E-state index is 11.6. The Morgan fingerprint density at radius 2 is 1.91 bits per heavy atom. The number of ether oxygens (including phenoxy) is 4. The van der Waals surface area contributed by atoms with Gasteiger partial charge in [0, 0.05) is 18.6 Å². The molecule has 1 aliphatic heterocycles. The van der Waals surface area contributed by atoms with E-state index in [1.54, 1.807) is 0 Å². The predicted molar refractivity (Wildman–Crippen MR) is 78.0 cm³/mol. The summed E-state index contributed by atoms with van der Waals surface area (Å²) in [6, 6.07) is 0. The van der Waals surface area contributed by atoms with Crippen LogP contribution in [0.2, 0.25) is 0 Å². The van der Waals surface area contributed by atoms with Gasteiger partial charge in [-0.1, -0.05) is 13.8 Å². The van der Waals surface area contributed by atoms with E-state index >= 15 is 0 Å². The minimum atomic E-state index is -2.07. The summed E-state index contributed by atoms with van der Waals surface area (Å²) in [6.07, 6.45) is 0.929. The molecule has 132 valence electrons. The quantitative estimate of drug-likeness (QED) is 0.452. The van der Waals surface area contributed by atoms with Crippen LogP contribution in [0.1, 0.15) is 26.7 Å². The maximum atomic E-state index is 11.6. The van der Waals surface area contributed by atoms with E-state index in [9.17, 15) is 14.7 Å². The van der Waals surface area contributed by atoms with Crippen molar-refractivity contribution in [3.8, 4) is 0 Å². The molecule has 2 unspecified atom stereocenters. The van der Waals surface area contributed by atoms with Gasteiger partial charge in [-0.05, 0) is 12.3 Å². The Balaban J connectivity index is 2.76. The topological polar surface area (TPSA) is 112 Å². The molecule has 0 bridgehead atoms. The number of aliphatic hydroxyl groups is 2. The van der Waals surface area contributed by atoms with Crippen LogP contribution < -0.4 is 0 Å². The molecule has 1 rings (SSSR count). The standard InChI is InChI=1S/C15H24O8/c1-11(2)5-6-15(19)14(21-10-9-20-8-7-16)22-12(17)3-4-13(18)23-15/h3-4,11,14,16,19H,5-10H2,1-2H3/b4-3+. The SMILES string of the molecule is CC(C)CCC1(O)OC(=O)/C=C/C(=O)OC1OCCOCCO. The number of hydrogen-bond acceptors (Lipinski definition) is 8. The number of esters is 2. The smallest absolute Gasteiger partial charge is 0.333 e. The number of aliphatic hydroxyl groups excluding tert-OH is 1. The van der Waals surface area contributed by atoms with Gasteiger partial charge < -0.3 is 29.2 Å². The van der Waals surface area contributed by atoms with Gasteiger partial charge in [0.05, 0.1) is 26.4 Å². The Bertz CT molecular complexity index is 420. The minimum Gasteiger partial charge on any atom is -0.425 e. The summed E-state index contributed by atoms with van der Waals surface area (Å²) in [5.41, 5.74) is 0. The van der Waals surface area contributed by atoms with Gasteiger partial charge in [0.25, 0.3) is 12.1 Å². The lowest BCUT2D eigenvalue weighted by Crippen LogP contribution is -2.51. The van der Waals surface area contributed by atoms with Gasteiger partial charge in [0.15, 0.2) is 0 Å². The van der Waals surface area contributed by atoms with Gasteiger partial charge >= 0.3 is 11.9 Å². The molecule has 2 N–H and O–H groups in total. The Morgan fingerprint density at radius 3 is 2.57 bits per heavy atom. The molecule has 1 aliphatic rings. The van der Waals surface area contributed by atoms with E-state index in [1.165, 1.54) is 0 Å². The van der Waals surface area contributed by atoms with Crippen molar-refractivity contribution in [2.45, 2.75) is 38.8 Å². The van der Waals surface area contributed by atoms with Crippen molar-refractivity contribution >= 4 is 11.9 Å². The lowest BCUT2D eigenvalue weighted by atomic mass is 10.0. The van der Waals surface area contributed by atoms with Gasteiger partial charge in [0.1, 0.15) is 0 Å². The molecule has 0 aromatic carbocycles. The second-order valence-electron chi connectivity index (χ2n) is 5.51. The van der Waals surface area contributed by atoms with E-state index < -0.39 is 24.0 Å². The summed E-state index contributed by atoms with van der Waals surface area (Å²) in [5, 5.41) is 19.2. The summed E-state index contributed by atoms with van der Waals surface area (Å²) in [5.74, 6) is -3.49. The molecule has 0 aromatic rings. The fraction of sp³-hybridized carbons (Fsp3) is 0.733. The largest absolute Gasteiger partial charge is 0.425 e. The molecule has 8 nitrogen and oxygen atoms in total. The summed E-state index contributed by atoms with van der Waals surface area (Å²) >= 11 is 0. The molecule has 1 heterocycles. The molecule has 2 atom stereocenters. The van der Waals surface area contributed by atoms with Gasteiger partial charge in [-0.15, -0.1) is 0 Å². The lowest BCUT2D eigenvalue weighted by Gasteiger charge is -2.35. The lowest BCUT2D eigenvalue weighted by molar-refractivity contribution is -0.317. The van der Waals surface area contributed by atoms with Crippen molar-refractivity contribution in [3.05, 3.63) is 12.2 Å². The fourth-order valence-electron chi connectivity index (χ4n) is 1.84. The van der Waals surface area contributed by atoms with Crippen LogP contribution in [0.25, 0.3) is 0 Å². The minimum absolute atomic E-state index is 0.0107. The third-order valence-corrected chi connectivity index (χ3v) is 3.04. The van der Waals surface area contributed by atoms with Crippen molar-refractivity contribution < 1.29 is 38.7 Å². The average molecular weight is 332 g/mol. The van der Waals surface area contributed by atoms with Crippen LogP contribution in [0, 0.1) is 5.92 Å². The highest BCUT2D eigenvalue weighted by Gasteiger charge is 2.45. The van der Waals surface area contributed by atoms with Crippen LogP contribution in [0.5, 0.6) is 0 Å². The van der Waals surface area contributed by atoms with Gasteiger partial charge in [-0.25, -0.2) is 9.59 Å². The third-order valence-electron chi connectivity index (χ3n) is 3.04. The maximum Gasteiger partial charge on any atom is 0.333 e. The Kier molecular flexibility index (Phi) is 8.18. The van der Waals surface area contributed by atoms with Gasteiger partial charge in [-0.2, -0.15) is 0 Å². The number of carbonyl (C=O) groups excluding carboxylic acids is 2. The molecule has 0 amide bonds. The van der Waals surface area contributed by atoms with Crippen LogP contribution in [0.4, 0.5) is 0 Å². The highest BCUT2D eigenvalue weighted by molar-refractivity contribution is 5.92. The first-order valence-electron chi connectivity index (χ1n) is 7.51. The highest BCUT2D eigenvalue weighted by Crippen LogP contribution is 2.27. The molecule has 0 saturated carbocycles. The molecule has 0 saturated heterocycles. The van der Waals surface area contributed by atoms with E-state index in [0.717, 1.165) is 12.2 Å². The summed E-state index contributed by atoms with van der Waals surface area (Å²) in [4.78, 5) is 23.2. The molecule has 0 radical (unpaired) electrons. The zero-order chi connectivity index (χ0) is 17.3. The molecule has 8 heteroatoms. The molecule has 0 aliphatic carbocycles. The Morgan fingerprint density at radius 1 is 1.22 bits per heavy atom. The Labute approximate surface area is 135 Å². The molecule has 23 heavy (non-hydrogen) atoms. The monoisotopic (exact) mass is 332 g/mol. The number of carbonyl (C=O) groups is 2. The second kappa shape index (κ2) is 9.61. The Hall–Kier alpha value is -1.48. The first-order valence-corrected chi connectivity index (χ1v) is 7.51. The third kappa shape index (κ3) is 7.08. The van der Waals surface area contributed by atoms with E-state index in [-0.39, 0.29) is 38.8 Å². The fourth-order valence-corrected chi connectivity index (χ4v) is 1.84. The first-order chi connectivity index (χ1) is 10.9. The van der Waals surface area contributed by atoms with E-state index in [1.807, 2.05) is 13.8 Å². The van der Waals surface area contributed by atoms with Crippen molar-refractivity contribution in [3.63, 3.8) is 0 Å². The normalized spacial score (nSPS) is 26.4. The zero-order valence-corrected chi connectivity index (χ0v) is 13.4. The van der Waals surface area contributed by atoms with Crippen molar-refractivity contribution in [1.82, 2.24) is 0 Å². The highest BCUT2D eigenvalue weighted by atomic mass is 16.8. The van der Waals surface area contributed by atoms with E-state index in [0.29, 0.717) is 6.42 Å². The second-order valence-corrected chi connectivity index (χ2v) is 5.51. The van der Waals surface area contributed by atoms with Crippen molar-refractivity contribution in [2.75, 3.05) is 26.4 Å². The van der Waals surface area contributed by atoms with Crippen molar-refractivity contribution in [2.24, 2.45) is 5.92 Å². The van der Waals surface area contributed by atoms with E-state index in [2.05, 4.69) is 0 Å².